The Kier molecular flexibility index (Phi) is 6.37. The molecule has 0 saturated carbocycles. The van der Waals surface area contributed by atoms with Crippen LogP contribution in [-0.4, -0.2) is 30.9 Å². The monoisotopic (exact) mass is 347 g/mol. The molecule has 1 amide bonds. The van der Waals surface area contributed by atoms with Gasteiger partial charge in [0.25, 0.3) is 0 Å². The molecule has 0 aromatic heterocycles. The number of rotatable bonds is 7. The lowest BCUT2D eigenvalue weighted by Crippen LogP contribution is -2.28. The van der Waals surface area contributed by atoms with Crippen LogP contribution in [0.5, 0.6) is 11.5 Å². The molecular weight excluding hydrogens is 326 g/mol. The second-order valence-corrected chi connectivity index (χ2v) is 6.79. The van der Waals surface area contributed by atoms with Gasteiger partial charge in [0.2, 0.25) is 5.91 Å². The highest BCUT2D eigenvalue weighted by molar-refractivity contribution is 7.85. The number of methoxy groups -OCH3 is 2. The van der Waals surface area contributed by atoms with E-state index in [9.17, 15) is 9.00 Å². The van der Waals surface area contributed by atoms with E-state index in [2.05, 4.69) is 5.32 Å². The first kappa shape index (κ1) is 18.0. The highest BCUT2D eigenvalue weighted by Crippen LogP contribution is 2.33. The Morgan fingerprint density at radius 2 is 1.75 bits per heavy atom. The van der Waals surface area contributed by atoms with Crippen LogP contribution in [0.1, 0.15) is 17.7 Å². The molecule has 1 N–H and O–H groups in total. The van der Waals surface area contributed by atoms with Crippen molar-refractivity contribution in [1.82, 2.24) is 5.32 Å². The van der Waals surface area contributed by atoms with Crippen LogP contribution in [0.25, 0.3) is 0 Å². The third kappa shape index (κ3) is 4.35. The number of hydrogen-bond donors (Lipinski definition) is 1. The third-order valence-corrected chi connectivity index (χ3v) is 5.24. The lowest BCUT2D eigenvalue weighted by Gasteiger charge is -2.19. The first-order valence-corrected chi connectivity index (χ1v) is 8.70. The van der Waals surface area contributed by atoms with Crippen molar-refractivity contribution >= 4 is 16.7 Å². The maximum absolute atomic E-state index is 13.0. The van der Waals surface area contributed by atoms with Crippen LogP contribution in [0, 0.1) is 0 Å². The molecule has 0 aliphatic carbocycles. The molecule has 2 rings (SSSR count). The highest BCUT2D eigenvalue weighted by Gasteiger charge is 2.22. The molecule has 0 fully saturated rings. The van der Waals surface area contributed by atoms with Crippen LogP contribution in [0.4, 0.5) is 0 Å². The van der Waals surface area contributed by atoms with Crippen LogP contribution in [-0.2, 0) is 15.6 Å². The van der Waals surface area contributed by atoms with Gasteiger partial charge in [0.05, 0.1) is 30.3 Å². The second kappa shape index (κ2) is 8.49. The summed E-state index contributed by atoms with van der Waals surface area (Å²) >= 11 is 0. The first-order chi connectivity index (χ1) is 11.6. The van der Waals surface area contributed by atoms with Gasteiger partial charge in [-0.25, -0.2) is 0 Å². The van der Waals surface area contributed by atoms with E-state index >= 15 is 0 Å². The van der Waals surface area contributed by atoms with Gasteiger partial charge in [-0.15, -0.1) is 0 Å². The quantitative estimate of drug-likeness (QED) is 0.836. The first-order valence-electron chi connectivity index (χ1n) is 7.48. The van der Waals surface area contributed by atoms with E-state index in [1.165, 1.54) is 6.92 Å². The number of amides is 1. The van der Waals surface area contributed by atoms with Gasteiger partial charge in [-0.05, 0) is 29.8 Å². The highest BCUT2D eigenvalue weighted by atomic mass is 32.2. The fourth-order valence-electron chi connectivity index (χ4n) is 2.33. The summed E-state index contributed by atoms with van der Waals surface area (Å²) in [4.78, 5) is 12.0. The van der Waals surface area contributed by atoms with Gasteiger partial charge >= 0.3 is 0 Å². The summed E-state index contributed by atoms with van der Waals surface area (Å²) in [7, 11) is 1.80. The van der Waals surface area contributed by atoms with Gasteiger partial charge in [-0.1, -0.05) is 24.3 Å². The van der Waals surface area contributed by atoms with Crippen LogP contribution < -0.4 is 14.8 Å². The molecule has 0 aliphatic rings. The number of benzene rings is 2. The summed E-state index contributed by atoms with van der Waals surface area (Å²) in [5.41, 5.74) is 0.809. The van der Waals surface area contributed by atoms with Crippen LogP contribution >= 0.6 is 0 Å². The number of nitrogens with one attached hydrogen (secondary N) is 1. The molecule has 0 bridgehead atoms. The van der Waals surface area contributed by atoms with Gasteiger partial charge in [0, 0.05) is 18.4 Å². The van der Waals surface area contributed by atoms with Gasteiger partial charge in [-0.2, -0.15) is 0 Å². The maximum Gasteiger partial charge on any atom is 0.216 e. The van der Waals surface area contributed by atoms with Crippen molar-refractivity contribution in [1.29, 1.82) is 0 Å². The summed E-state index contributed by atoms with van der Waals surface area (Å²) < 4.78 is 23.6. The molecule has 0 aliphatic heterocycles. The third-order valence-electron chi connectivity index (χ3n) is 3.55. The molecule has 0 saturated heterocycles. The van der Waals surface area contributed by atoms with Crippen molar-refractivity contribution in [3.05, 3.63) is 54.1 Å². The van der Waals surface area contributed by atoms with E-state index in [1.807, 2.05) is 36.4 Å². The standard InChI is InChI=1S/C18H21NO4S/c1-13(20)19-12-18(24(21)15-7-5-4-6-8-15)14-9-10-16(22-2)17(11-14)23-3/h4-11,18H,12H2,1-3H3,(H,19,20). The molecule has 2 atom stereocenters. The summed E-state index contributed by atoms with van der Waals surface area (Å²) in [5.74, 6) is 1.00. The van der Waals surface area contributed by atoms with E-state index in [1.54, 1.807) is 26.4 Å². The Labute approximate surface area is 144 Å². The summed E-state index contributed by atoms with van der Waals surface area (Å²) in [6, 6.07) is 14.6. The van der Waals surface area contributed by atoms with E-state index < -0.39 is 16.0 Å². The Bertz CT molecular complexity index is 718. The predicted octanol–water partition coefficient (Wildman–Crippen LogP) is 2.69. The molecule has 0 heterocycles. The van der Waals surface area contributed by atoms with Gasteiger partial charge in [-0.3, -0.25) is 9.00 Å². The van der Waals surface area contributed by atoms with Crippen molar-refractivity contribution in [3.8, 4) is 11.5 Å². The molecule has 6 heteroatoms. The summed E-state index contributed by atoms with van der Waals surface area (Å²) in [5, 5.41) is 2.36. The fourth-order valence-corrected chi connectivity index (χ4v) is 3.71. The number of ether oxygens (including phenoxy) is 2. The average Bonchev–Trinajstić information content (AvgIpc) is 2.61. The van der Waals surface area contributed by atoms with Gasteiger partial charge in [0.1, 0.15) is 0 Å². The lowest BCUT2D eigenvalue weighted by atomic mass is 10.1. The minimum Gasteiger partial charge on any atom is -0.493 e. The Morgan fingerprint density at radius 1 is 1.08 bits per heavy atom. The molecule has 24 heavy (non-hydrogen) atoms. The molecule has 2 aromatic carbocycles. The van der Waals surface area contributed by atoms with Crippen LogP contribution in [0.2, 0.25) is 0 Å². The maximum atomic E-state index is 13.0. The Balaban J connectivity index is 2.39. The summed E-state index contributed by atoms with van der Waals surface area (Å²) in [6.45, 7) is 1.71. The average molecular weight is 347 g/mol. The lowest BCUT2D eigenvalue weighted by molar-refractivity contribution is -0.118. The van der Waals surface area contributed by atoms with E-state index in [4.69, 9.17) is 9.47 Å². The van der Waals surface area contributed by atoms with Crippen molar-refractivity contribution < 1.29 is 18.5 Å². The topological polar surface area (TPSA) is 64.6 Å². The molecule has 0 radical (unpaired) electrons. The predicted molar refractivity (Wildman–Crippen MR) is 93.8 cm³/mol. The fraction of sp³-hybridized carbons (Fsp3) is 0.278. The second-order valence-electron chi connectivity index (χ2n) is 5.15. The van der Waals surface area contributed by atoms with E-state index in [0.717, 1.165) is 5.56 Å². The number of carbonyl (C=O) groups excluding carboxylic acids is 1. The minimum atomic E-state index is -1.32. The molecule has 2 aromatic rings. The molecule has 5 nitrogen and oxygen atoms in total. The number of hydrogen-bond acceptors (Lipinski definition) is 4. The van der Waals surface area contributed by atoms with E-state index in [0.29, 0.717) is 16.4 Å². The van der Waals surface area contributed by atoms with Crippen LogP contribution in [0.15, 0.2) is 53.4 Å². The zero-order valence-corrected chi connectivity index (χ0v) is 14.8. The van der Waals surface area contributed by atoms with Crippen LogP contribution in [0.3, 0.4) is 0 Å². The number of carbonyl (C=O) groups is 1. The smallest absolute Gasteiger partial charge is 0.216 e. The Hall–Kier alpha value is -2.34. The van der Waals surface area contributed by atoms with E-state index in [-0.39, 0.29) is 12.5 Å². The SMILES string of the molecule is COc1ccc(C(CNC(C)=O)S(=O)c2ccccc2)cc1OC. The van der Waals surface area contributed by atoms with Crippen molar-refractivity contribution in [2.45, 2.75) is 17.1 Å². The van der Waals surface area contributed by atoms with Crippen molar-refractivity contribution in [2.24, 2.45) is 0 Å². The molecule has 2 unspecified atom stereocenters. The Morgan fingerprint density at radius 3 is 2.33 bits per heavy atom. The molecular formula is C18H21NO4S. The van der Waals surface area contributed by atoms with Gasteiger partial charge < -0.3 is 14.8 Å². The van der Waals surface area contributed by atoms with Crippen molar-refractivity contribution in [2.75, 3.05) is 20.8 Å². The summed E-state index contributed by atoms with van der Waals surface area (Å²) in [6.07, 6.45) is 0. The zero-order chi connectivity index (χ0) is 17.5. The molecule has 128 valence electrons. The van der Waals surface area contributed by atoms with Crippen molar-refractivity contribution in [3.63, 3.8) is 0 Å². The largest absolute Gasteiger partial charge is 0.493 e. The van der Waals surface area contributed by atoms with Gasteiger partial charge in [0.15, 0.2) is 11.5 Å². The molecule has 0 spiro atoms. The normalized spacial score (nSPS) is 13.0. The zero-order valence-electron chi connectivity index (χ0n) is 13.9. The minimum absolute atomic E-state index is 0.162.